The van der Waals surface area contributed by atoms with E-state index in [1.165, 1.54) is 7.11 Å². The molecule has 0 saturated carbocycles. The first-order valence-corrected chi connectivity index (χ1v) is 4.52. The first-order chi connectivity index (χ1) is 6.99. The number of hydrogen-bond donors (Lipinski definition) is 1. The highest BCUT2D eigenvalue weighted by Gasteiger charge is 2.23. The van der Waals surface area contributed by atoms with E-state index in [1.807, 2.05) is 0 Å². The normalized spacial score (nSPS) is 10.5. The van der Waals surface area contributed by atoms with E-state index < -0.39 is 18.1 Å². The average Bonchev–Trinajstić information content (AvgIpc) is 2.15. The van der Waals surface area contributed by atoms with Gasteiger partial charge in [0.1, 0.15) is 11.3 Å². The van der Waals surface area contributed by atoms with E-state index in [0.29, 0.717) is 0 Å². The molecule has 1 rings (SSSR count). The lowest BCUT2D eigenvalue weighted by atomic mass is 10.2. The first kappa shape index (κ1) is 11.8. The minimum Gasteiger partial charge on any atom is -0.494 e. The van der Waals surface area contributed by atoms with E-state index in [-0.39, 0.29) is 15.8 Å². The molecule has 7 heteroatoms. The van der Waals surface area contributed by atoms with Crippen LogP contribution < -0.4 is 4.74 Å². The Morgan fingerprint density at radius 3 is 2.67 bits per heavy atom. The molecular formula is C8H6BrF2NO3. The molecule has 1 heterocycles. The zero-order valence-electron chi connectivity index (χ0n) is 7.50. The van der Waals surface area contributed by atoms with Crippen molar-refractivity contribution in [3.05, 3.63) is 21.9 Å². The lowest BCUT2D eigenvalue weighted by Gasteiger charge is -2.09. The van der Waals surface area contributed by atoms with Gasteiger partial charge in [-0.15, -0.1) is 0 Å². The summed E-state index contributed by atoms with van der Waals surface area (Å²) in [4.78, 5) is 14.2. The Morgan fingerprint density at radius 1 is 1.67 bits per heavy atom. The molecule has 1 aromatic rings. The number of rotatable bonds is 3. The van der Waals surface area contributed by atoms with Crippen LogP contribution in [0.15, 0.2) is 10.7 Å². The summed E-state index contributed by atoms with van der Waals surface area (Å²) in [5, 5.41) is 8.80. The Labute approximate surface area is 92.0 Å². The van der Waals surface area contributed by atoms with Gasteiger partial charge in [0.15, 0.2) is 5.75 Å². The van der Waals surface area contributed by atoms with Crippen LogP contribution in [0.5, 0.6) is 5.75 Å². The molecule has 0 aliphatic rings. The number of aromatic carboxylic acids is 1. The molecule has 0 unspecified atom stereocenters. The zero-order chi connectivity index (χ0) is 11.6. The molecule has 1 N–H and O–H groups in total. The molecule has 4 nitrogen and oxygen atoms in total. The summed E-state index contributed by atoms with van der Waals surface area (Å²) >= 11 is 2.77. The standard InChI is InChI=1S/C8H6BrF2NO3/c1-15-3-2-12-6(7(10)11)5(9)4(3)8(13)14/h2,7H,1H3,(H,13,14). The van der Waals surface area contributed by atoms with Crippen molar-refractivity contribution in [3.8, 4) is 5.75 Å². The van der Waals surface area contributed by atoms with Crippen LogP contribution in [0.4, 0.5) is 8.78 Å². The number of aromatic nitrogens is 1. The highest BCUT2D eigenvalue weighted by Crippen LogP contribution is 2.33. The SMILES string of the molecule is COc1cnc(C(F)F)c(Br)c1C(=O)O. The lowest BCUT2D eigenvalue weighted by Crippen LogP contribution is -2.06. The summed E-state index contributed by atoms with van der Waals surface area (Å²) in [6.07, 6.45) is -1.89. The molecule has 1 aromatic heterocycles. The van der Waals surface area contributed by atoms with Gasteiger partial charge in [-0.25, -0.2) is 13.6 Å². The largest absolute Gasteiger partial charge is 0.494 e. The highest BCUT2D eigenvalue weighted by atomic mass is 79.9. The van der Waals surface area contributed by atoms with E-state index in [2.05, 4.69) is 20.9 Å². The molecule has 0 aliphatic carbocycles. The summed E-state index contributed by atoms with van der Waals surface area (Å²) in [5.41, 5.74) is -0.976. The fourth-order valence-corrected chi connectivity index (χ4v) is 1.63. The van der Waals surface area contributed by atoms with Crippen LogP contribution in [0.25, 0.3) is 0 Å². The Kier molecular flexibility index (Phi) is 3.57. The third-order valence-electron chi connectivity index (χ3n) is 1.65. The van der Waals surface area contributed by atoms with E-state index in [4.69, 9.17) is 9.84 Å². The fourth-order valence-electron chi connectivity index (χ4n) is 0.992. The third-order valence-corrected chi connectivity index (χ3v) is 2.45. The van der Waals surface area contributed by atoms with Gasteiger partial charge in [-0.1, -0.05) is 0 Å². The minimum atomic E-state index is -2.84. The number of pyridine rings is 1. The Balaban J connectivity index is 3.42. The van der Waals surface area contributed by atoms with Crippen molar-refractivity contribution in [2.75, 3.05) is 7.11 Å². The molecule has 0 aromatic carbocycles. The van der Waals surface area contributed by atoms with Gasteiger partial charge in [-0.2, -0.15) is 0 Å². The number of ether oxygens (including phenoxy) is 1. The van der Waals surface area contributed by atoms with Crippen molar-refractivity contribution in [1.29, 1.82) is 0 Å². The molecule has 0 atom stereocenters. The number of nitrogens with zero attached hydrogens (tertiary/aromatic N) is 1. The van der Waals surface area contributed by atoms with Crippen LogP contribution >= 0.6 is 15.9 Å². The second kappa shape index (κ2) is 4.52. The van der Waals surface area contributed by atoms with Crippen LogP contribution in [-0.4, -0.2) is 23.2 Å². The van der Waals surface area contributed by atoms with Crippen LogP contribution in [0.1, 0.15) is 22.5 Å². The molecule has 0 fully saturated rings. The molecule has 0 bridgehead atoms. The topological polar surface area (TPSA) is 59.4 Å². The second-order valence-electron chi connectivity index (χ2n) is 2.51. The summed E-state index contributed by atoms with van der Waals surface area (Å²) in [6.45, 7) is 0. The van der Waals surface area contributed by atoms with E-state index in [0.717, 1.165) is 6.20 Å². The van der Waals surface area contributed by atoms with Gasteiger partial charge in [-0.05, 0) is 15.9 Å². The lowest BCUT2D eigenvalue weighted by molar-refractivity contribution is 0.0691. The van der Waals surface area contributed by atoms with Crippen LogP contribution in [0, 0.1) is 0 Å². The van der Waals surface area contributed by atoms with Crippen molar-refractivity contribution >= 4 is 21.9 Å². The summed E-state index contributed by atoms with van der Waals surface area (Å²) in [5.74, 6) is -1.43. The second-order valence-corrected chi connectivity index (χ2v) is 3.30. The number of hydrogen-bond acceptors (Lipinski definition) is 3. The molecule has 82 valence electrons. The molecule has 0 saturated heterocycles. The third kappa shape index (κ3) is 2.23. The number of alkyl halides is 2. The molecule has 0 aliphatic heterocycles. The molecule has 15 heavy (non-hydrogen) atoms. The van der Waals surface area contributed by atoms with E-state index in [9.17, 15) is 13.6 Å². The maximum atomic E-state index is 12.4. The van der Waals surface area contributed by atoms with Crippen molar-refractivity contribution in [2.45, 2.75) is 6.43 Å². The monoisotopic (exact) mass is 281 g/mol. The Hall–Kier alpha value is -1.24. The van der Waals surface area contributed by atoms with Gasteiger partial charge in [0.05, 0.1) is 17.8 Å². The number of carboxylic acid groups (broad SMARTS) is 1. The fraction of sp³-hybridized carbons (Fsp3) is 0.250. The predicted molar refractivity (Wildman–Crippen MR) is 50.4 cm³/mol. The van der Waals surface area contributed by atoms with E-state index >= 15 is 0 Å². The number of halogens is 3. The number of carboxylic acids is 1. The Bertz CT molecular complexity index is 398. The van der Waals surface area contributed by atoms with Crippen molar-refractivity contribution in [1.82, 2.24) is 4.98 Å². The van der Waals surface area contributed by atoms with Gasteiger partial charge in [0.2, 0.25) is 0 Å². The summed E-state index contributed by atoms with van der Waals surface area (Å²) in [7, 11) is 1.23. The Morgan fingerprint density at radius 2 is 2.27 bits per heavy atom. The van der Waals surface area contributed by atoms with E-state index in [1.54, 1.807) is 0 Å². The highest BCUT2D eigenvalue weighted by molar-refractivity contribution is 9.10. The van der Waals surface area contributed by atoms with Gasteiger partial charge in [0.25, 0.3) is 6.43 Å². The molecule has 0 amide bonds. The summed E-state index contributed by atoms with van der Waals surface area (Å²) in [6, 6.07) is 0. The van der Waals surface area contributed by atoms with Crippen molar-refractivity contribution in [3.63, 3.8) is 0 Å². The van der Waals surface area contributed by atoms with Gasteiger partial charge in [0, 0.05) is 0 Å². The maximum Gasteiger partial charge on any atom is 0.340 e. The van der Waals surface area contributed by atoms with Crippen LogP contribution in [-0.2, 0) is 0 Å². The van der Waals surface area contributed by atoms with Crippen LogP contribution in [0.2, 0.25) is 0 Å². The number of carbonyl (C=O) groups is 1. The van der Waals surface area contributed by atoms with Crippen LogP contribution in [0.3, 0.4) is 0 Å². The van der Waals surface area contributed by atoms with Crippen molar-refractivity contribution in [2.24, 2.45) is 0 Å². The number of methoxy groups -OCH3 is 1. The minimum absolute atomic E-state index is 0.0706. The van der Waals surface area contributed by atoms with Gasteiger partial charge >= 0.3 is 5.97 Å². The predicted octanol–water partition coefficient (Wildman–Crippen LogP) is 2.49. The quantitative estimate of drug-likeness (QED) is 0.925. The molecule has 0 radical (unpaired) electrons. The first-order valence-electron chi connectivity index (χ1n) is 3.72. The molecule has 0 spiro atoms. The maximum absolute atomic E-state index is 12.4. The summed E-state index contributed by atoms with van der Waals surface area (Å²) < 4.78 is 29.2. The smallest absolute Gasteiger partial charge is 0.340 e. The zero-order valence-corrected chi connectivity index (χ0v) is 9.09. The van der Waals surface area contributed by atoms with Gasteiger partial charge < -0.3 is 9.84 Å². The average molecular weight is 282 g/mol. The van der Waals surface area contributed by atoms with Crippen molar-refractivity contribution < 1.29 is 23.4 Å². The molecular weight excluding hydrogens is 276 g/mol. The van der Waals surface area contributed by atoms with Gasteiger partial charge in [-0.3, -0.25) is 4.98 Å².